The second-order valence-electron chi connectivity index (χ2n) is 10.9. The topological polar surface area (TPSA) is 68.3 Å². The molecule has 1 atom stereocenters. The Kier molecular flexibility index (Phi) is 9.56. The molecule has 2 aliphatic rings. The maximum atomic E-state index is 14.6. The zero-order valence-corrected chi connectivity index (χ0v) is 22.5. The molecular formula is C28H40ClFN4O2. The van der Waals surface area contributed by atoms with Crippen LogP contribution in [0.4, 0.5) is 10.1 Å². The summed E-state index contributed by atoms with van der Waals surface area (Å²) < 4.78 is 25.3. The van der Waals surface area contributed by atoms with Crippen LogP contribution in [0.2, 0.25) is 5.02 Å². The van der Waals surface area contributed by atoms with E-state index in [0.717, 1.165) is 55.9 Å². The number of anilines is 1. The van der Waals surface area contributed by atoms with Crippen LogP contribution >= 0.6 is 11.6 Å². The summed E-state index contributed by atoms with van der Waals surface area (Å²) in [6.07, 6.45) is 10.8. The minimum Gasteiger partial charge on any atom is -0.383 e. The van der Waals surface area contributed by atoms with Gasteiger partial charge < -0.3 is 20.1 Å². The van der Waals surface area contributed by atoms with Crippen LogP contribution in [-0.4, -0.2) is 55.5 Å². The normalized spacial score (nSPS) is 22.8. The smallest absolute Gasteiger partial charge is 0.236 e. The molecule has 1 saturated heterocycles. The number of ether oxygens (including phenoxy) is 2. The van der Waals surface area contributed by atoms with Crippen molar-refractivity contribution in [3.63, 3.8) is 0 Å². The Balaban J connectivity index is 1.39. The fraction of sp³-hybridized carbons (Fsp3) is 0.643. The first-order chi connectivity index (χ1) is 17.3. The van der Waals surface area contributed by atoms with Crippen molar-refractivity contribution in [2.24, 2.45) is 11.3 Å². The number of hydrogen-bond acceptors (Lipinski definition) is 6. The van der Waals surface area contributed by atoms with Crippen LogP contribution in [-0.2, 0) is 15.9 Å². The molecule has 1 saturated carbocycles. The Labute approximate surface area is 219 Å². The van der Waals surface area contributed by atoms with Gasteiger partial charge in [0.25, 0.3) is 0 Å². The Bertz CT molecular complexity index is 994. The van der Waals surface area contributed by atoms with Gasteiger partial charge in [0.15, 0.2) is 0 Å². The van der Waals surface area contributed by atoms with Gasteiger partial charge in [-0.1, -0.05) is 18.5 Å². The van der Waals surface area contributed by atoms with Crippen molar-refractivity contribution in [2.45, 2.75) is 70.9 Å². The zero-order valence-electron chi connectivity index (χ0n) is 21.8. The summed E-state index contributed by atoms with van der Waals surface area (Å²) in [5.74, 6) is 0.107. The van der Waals surface area contributed by atoms with E-state index >= 15 is 0 Å². The van der Waals surface area contributed by atoms with Gasteiger partial charge in [-0.25, -0.2) is 4.98 Å². The molecule has 0 aromatic carbocycles. The lowest BCUT2D eigenvalue weighted by atomic mass is 9.82. The first kappa shape index (κ1) is 27.2. The molecule has 2 N–H and O–H groups in total. The molecular weight excluding hydrogens is 479 g/mol. The van der Waals surface area contributed by atoms with E-state index in [0.29, 0.717) is 35.3 Å². The van der Waals surface area contributed by atoms with Crippen molar-refractivity contribution in [3.8, 4) is 11.1 Å². The fourth-order valence-corrected chi connectivity index (χ4v) is 5.63. The quantitative estimate of drug-likeness (QED) is 0.382. The highest BCUT2D eigenvalue weighted by molar-refractivity contribution is 6.33. The molecule has 2 fully saturated rings. The maximum absolute atomic E-state index is 14.6. The number of pyridine rings is 2. The molecule has 1 aliphatic carbocycles. The number of nitrogens with zero attached hydrogens (tertiary/aromatic N) is 2. The molecule has 2 aromatic heterocycles. The van der Waals surface area contributed by atoms with Gasteiger partial charge in [-0.05, 0) is 75.3 Å². The number of methoxy groups -OCH3 is 1. The standard InChI is InChI=1S/C28H40ClFN4O2/c1-19(17-35-3)34-22-6-4-20(5-7-22)12-23-14-24(25(29)16-31-23)21-13-26(27(30)32-15-21)33-18-28(2)8-10-36-11-9-28/h13-16,19-20,22,33-34H,4-12,17-18H2,1-3H3/t19-,20?,22?/m0/s1. The van der Waals surface area contributed by atoms with Crippen molar-refractivity contribution >= 4 is 17.3 Å². The van der Waals surface area contributed by atoms with E-state index in [1.807, 2.05) is 12.1 Å². The summed E-state index contributed by atoms with van der Waals surface area (Å²) >= 11 is 6.54. The molecule has 36 heavy (non-hydrogen) atoms. The summed E-state index contributed by atoms with van der Waals surface area (Å²) in [4.78, 5) is 8.64. The van der Waals surface area contributed by atoms with E-state index in [4.69, 9.17) is 21.1 Å². The third-order valence-electron chi connectivity index (χ3n) is 7.75. The van der Waals surface area contributed by atoms with Gasteiger partial charge in [-0.3, -0.25) is 4.98 Å². The Morgan fingerprint density at radius 3 is 2.64 bits per heavy atom. The summed E-state index contributed by atoms with van der Waals surface area (Å²) in [5.41, 5.74) is 3.15. The largest absolute Gasteiger partial charge is 0.383 e. The highest BCUT2D eigenvalue weighted by Gasteiger charge is 2.28. The van der Waals surface area contributed by atoms with Gasteiger partial charge in [0.2, 0.25) is 5.95 Å². The summed E-state index contributed by atoms with van der Waals surface area (Å²) in [6, 6.07) is 4.79. The molecule has 2 aromatic rings. The molecule has 0 bridgehead atoms. The second kappa shape index (κ2) is 12.6. The fourth-order valence-electron chi connectivity index (χ4n) is 5.41. The first-order valence-corrected chi connectivity index (χ1v) is 13.6. The third-order valence-corrected chi connectivity index (χ3v) is 8.05. The van der Waals surface area contributed by atoms with E-state index in [1.54, 1.807) is 19.5 Å². The third kappa shape index (κ3) is 7.37. The van der Waals surface area contributed by atoms with Crippen LogP contribution < -0.4 is 10.6 Å². The molecule has 0 unspecified atom stereocenters. The highest BCUT2D eigenvalue weighted by atomic mass is 35.5. The van der Waals surface area contributed by atoms with Crippen LogP contribution in [0, 0.1) is 17.3 Å². The number of halogens is 2. The van der Waals surface area contributed by atoms with Crippen LogP contribution in [0.3, 0.4) is 0 Å². The molecule has 6 nitrogen and oxygen atoms in total. The lowest BCUT2D eigenvalue weighted by Crippen LogP contribution is -2.41. The van der Waals surface area contributed by atoms with Crippen LogP contribution in [0.1, 0.15) is 58.1 Å². The maximum Gasteiger partial charge on any atom is 0.236 e. The van der Waals surface area contributed by atoms with Gasteiger partial charge in [-0.2, -0.15) is 4.39 Å². The van der Waals surface area contributed by atoms with Crippen molar-refractivity contribution in [2.75, 3.05) is 38.8 Å². The van der Waals surface area contributed by atoms with Gasteiger partial charge in [-0.15, -0.1) is 0 Å². The summed E-state index contributed by atoms with van der Waals surface area (Å²) in [6.45, 7) is 7.30. The SMILES string of the molecule is COC[C@H](C)NC1CCC(Cc2cc(-c3cnc(F)c(NCC4(C)CCOCC4)c3)c(Cl)cn2)CC1. The minimum atomic E-state index is -0.495. The second-order valence-corrected chi connectivity index (χ2v) is 11.3. The van der Waals surface area contributed by atoms with Crippen molar-refractivity contribution < 1.29 is 13.9 Å². The molecule has 0 radical (unpaired) electrons. The van der Waals surface area contributed by atoms with E-state index in [9.17, 15) is 4.39 Å². The average molecular weight is 519 g/mol. The predicted octanol–water partition coefficient (Wildman–Crippen LogP) is 5.89. The van der Waals surface area contributed by atoms with Crippen LogP contribution in [0.5, 0.6) is 0 Å². The van der Waals surface area contributed by atoms with E-state index in [1.165, 1.54) is 25.7 Å². The number of aromatic nitrogens is 2. The monoisotopic (exact) mass is 518 g/mol. The molecule has 4 rings (SSSR count). The molecule has 0 spiro atoms. The first-order valence-electron chi connectivity index (χ1n) is 13.2. The van der Waals surface area contributed by atoms with E-state index in [-0.39, 0.29) is 5.41 Å². The van der Waals surface area contributed by atoms with Gasteiger partial charge in [0.05, 0.1) is 17.3 Å². The van der Waals surface area contributed by atoms with Gasteiger partial charge in [0.1, 0.15) is 0 Å². The van der Waals surface area contributed by atoms with Crippen LogP contribution in [0.25, 0.3) is 11.1 Å². The molecule has 198 valence electrons. The van der Waals surface area contributed by atoms with E-state index < -0.39 is 5.95 Å². The number of nitrogens with one attached hydrogen (secondary N) is 2. The zero-order chi connectivity index (χ0) is 25.5. The lowest BCUT2D eigenvalue weighted by molar-refractivity contribution is 0.0300. The van der Waals surface area contributed by atoms with E-state index in [2.05, 4.69) is 34.4 Å². The summed E-state index contributed by atoms with van der Waals surface area (Å²) in [7, 11) is 1.75. The highest BCUT2D eigenvalue weighted by Crippen LogP contribution is 2.34. The van der Waals surface area contributed by atoms with Gasteiger partial charge in [0, 0.05) is 68.2 Å². The molecule has 8 heteroatoms. The predicted molar refractivity (Wildman–Crippen MR) is 143 cm³/mol. The number of hydrogen-bond donors (Lipinski definition) is 2. The molecule has 3 heterocycles. The molecule has 1 aliphatic heterocycles. The number of rotatable bonds is 10. The molecule has 0 amide bonds. The summed E-state index contributed by atoms with van der Waals surface area (Å²) in [5, 5.41) is 7.52. The Morgan fingerprint density at radius 2 is 1.92 bits per heavy atom. The minimum absolute atomic E-state index is 0.0819. The van der Waals surface area contributed by atoms with Crippen molar-refractivity contribution in [1.82, 2.24) is 15.3 Å². The van der Waals surface area contributed by atoms with Crippen molar-refractivity contribution in [1.29, 1.82) is 0 Å². The Hall–Kier alpha value is -1.80. The van der Waals surface area contributed by atoms with Gasteiger partial charge >= 0.3 is 0 Å². The van der Waals surface area contributed by atoms with Crippen LogP contribution in [0.15, 0.2) is 24.5 Å². The van der Waals surface area contributed by atoms with Crippen molar-refractivity contribution in [3.05, 3.63) is 41.2 Å². The average Bonchev–Trinajstić information content (AvgIpc) is 2.87. The lowest BCUT2D eigenvalue weighted by Gasteiger charge is -2.33. The Morgan fingerprint density at radius 1 is 1.17 bits per heavy atom.